The summed E-state index contributed by atoms with van der Waals surface area (Å²) in [6.07, 6.45) is 4.25. The Morgan fingerprint density at radius 3 is 2.78 bits per heavy atom. The first kappa shape index (κ1) is 14.2. The predicted molar refractivity (Wildman–Crippen MR) is 68.6 cm³/mol. The zero-order chi connectivity index (χ0) is 13.4. The minimum absolute atomic E-state index is 0.0875. The van der Waals surface area contributed by atoms with Crippen molar-refractivity contribution in [1.29, 1.82) is 0 Å². The van der Waals surface area contributed by atoms with Gasteiger partial charge >= 0.3 is 0 Å². The molecule has 0 radical (unpaired) electrons. The van der Waals surface area contributed by atoms with E-state index >= 15 is 0 Å². The molecule has 18 heavy (non-hydrogen) atoms. The van der Waals surface area contributed by atoms with Crippen molar-refractivity contribution in [2.75, 3.05) is 13.1 Å². The number of nitrogens with zero attached hydrogens (tertiary/aromatic N) is 2. The van der Waals surface area contributed by atoms with E-state index in [1.807, 2.05) is 19.1 Å². The first-order valence-electron chi connectivity index (χ1n) is 6.04. The van der Waals surface area contributed by atoms with E-state index in [9.17, 15) is 9.59 Å². The molecule has 0 bridgehead atoms. The van der Waals surface area contributed by atoms with Crippen LogP contribution in [0.4, 0.5) is 0 Å². The summed E-state index contributed by atoms with van der Waals surface area (Å²) in [4.78, 5) is 28.6. The van der Waals surface area contributed by atoms with Gasteiger partial charge in [-0.3, -0.25) is 14.6 Å². The fourth-order valence-electron chi connectivity index (χ4n) is 1.48. The van der Waals surface area contributed by atoms with Gasteiger partial charge in [0, 0.05) is 32.4 Å². The van der Waals surface area contributed by atoms with E-state index in [1.165, 1.54) is 11.8 Å². The number of carbonyl (C=O) groups is 2. The zero-order valence-electron chi connectivity index (χ0n) is 10.8. The predicted octanol–water partition coefficient (Wildman–Crippen LogP) is 0.956. The number of aromatic nitrogens is 1. The van der Waals surface area contributed by atoms with Gasteiger partial charge in [-0.2, -0.15) is 0 Å². The summed E-state index contributed by atoms with van der Waals surface area (Å²) in [5, 5.41) is 2.76. The lowest BCUT2D eigenvalue weighted by molar-refractivity contribution is -0.134. The smallest absolute Gasteiger partial charge is 0.239 e. The molecule has 0 saturated heterocycles. The molecule has 0 aromatic carbocycles. The molecule has 1 heterocycles. The van der Waals surface area contributed by atoms with E-state index in [-0.39, 0.29) is 18.4 Å². The molecular weight excluding hydrogens is 230 g/mol. The number of carbonyl (C=O) groups excluding carboxylic acids is 2. The quantitative estimate of drug-likeness (QED) is 0.816. The maximum absolute atomic E-state index is 11.6. The second kappa shape index (κ2) is 7.42. The average molecular weight is 249 g/mol. The van der Waals surface area contributed by atoms with Gasteiger partial charge in [-0.05, 0) is 18.1 Å². The molecule has 0 unspecified atom stereocenters. The fraction of sp³-hybridized carbons (Fsp3) is 0.462. The van der Waals surface area contributed by atoms with Crippen LogP contribution >= 0.6 is 0 Å². The lowest BCUT2D eigenvalue weighted by atomic mass is 10.2. The SMILES string of the molecule is CCCNC(=O)CN(Cc1cccnc1)C(C)=O. The Kier molecular flexibility index (Phi) is 5.84. The van der Waals surface area contributed by atoms with Crippen LogP contribution in [0.3, 0.4) is 0 Å². The highest BCUT2D eigenvalue weighted by molar-refractivity contribution is 5.83. The van der Waals surface area contributed by atoms with Gasteiger partial charge in [0.2, 0.25) is 11.8 Å². The lowest BCUT2D eigenvalue weighted by Gasteiger charge is -2.20. The third-order valence-electron chi connectivity index (χ3n) is 2.45. The summed E-state index contributed by atoms with van der Waals surface area (Å²) < 4.78 is 0. The summed E-state index contributed by atoms with van der Waals surface area (Å²) in [5.41, 5.74) is 0.913. The van der Waals surface area contributed by atoms with Gasteiger partial charge in [0.05, 0.1) is 6.54 Å². The molecule has 0 aliphatic carbocycles. The maximum atomic E-state index is 11.6. The van der Waals surface area contributed by atoms with Crippen molar-refractivity contribution in [3.05, 3.63) is 30.1 Å². The molecule has 1 aromatic rings. The van der Waals surface area contributed by atoms with Crippen LogP contribution in [-0.4, -0.2) is 34.8 Å². The summed E-state index contributed by atoms with van der Waals surface area (Å²) in [6, 6.07) is 3.69. The number of hydrogen-bond acceptors (Lipinski definition) is 3. The third-order valence-corrected chi connectivity index (χ3v) is 2.45. The molecule has 2 amide bonds. The highest BCUT2D eigenvalue weighted by atomic mass is 16.2. The lowest BCUT2D eigenvalue weighted by Crippen LogP contribution is -2.39. The molecule has 0 aliphatic rings. The molecule has 98 valence electrons. The average Bonchev–Trinajstić information content (AvgIpc) is 2.36. The Balaban J connectivity index is 2.55. The monoisotopic (exact) mass is 249 g/mol. The Labute approximate surface area is 107 Å². The van der Waals surface area contributed by atoms with Crippen LogP contribution in [0, 0.1) is 0 Å². The minimum atomic E-state index is -0.129. The summed E-state index contributed by atoms with van der Waals surface area (Å²) in [7, 11) is 0. The maximum Gasteiger partial charge on any atom is 0.239 e. The van der Waals surface area contributed by atoms with Crippen LogP contribution in [0.25, 0.3) is 0 Å². The third kappa shape index (κ3) is 4.95. The Morgan fingerprint density at radius 2 is 2.22 bits per heavy atom. The Bertz CT molecular complexity index is 392. The van der Waals surface area contributed by atoms with Gasteiger partial charge in [0.15, 0.2) is 0 Å². The molecule has 0 saturated carbocycles. The highest BCUT2D eigenvalue weighted by Gasteiger charge is 2.13. The van der Waals surface area contributed by atoms with Gasteiger partial charge in [-0.1, -0.05) is 13.0 Å². The number of amides is 2. The van der Waals surface area contributed by atoms with Gasteiger partial charge in [0.25, 0.3) is 0 Å². The first-order chi connectivity index (χ1) is 8.63. The van der Waals surface area contributed by atoms with E-state index in [0.29, 0.717) is 13.1 Å². The molecule has 1 rings (SSSR count). The van der Waals surface area contributed by atoms with E-state index in [1.54, 1.807) is 12.4 Å². The van der Waals surface area contributed by atoms with Gasteiger partial charge < -0.3 is 10.2 Å². The van der Waals surface area contributed by atoms with Crippen molar-refractivity contribution in [3.8, 4) is 0 Å². The normalized spacial score (nSPS) is 9.89. The summed E-state index contributed by atoms with van der Waals surface area (Å²) >= 11 is 0. The second-order valence-electron chi connectivity index (χ2n) is 4.09. The van der Waals surface area contributed by atoms with Crippen LogP contribution < -0.4 is 5.32 Å². The molecule has 0 atom stereocenters. The van der Waals surface area contributed by atoms with Crippen molar-refractivity contribution in [2.45, 2.75) is 26.8 Å². The summed E-state index contributed by atoms with van der Waals surface area (Å²) in [6.45, 7) is 4.58. The molecule has 0 fully saturated rings. The Hall–Kier alpha value is -1.91. The number of pyridine rings is 1. The zero-order valence-corrected chi connectivity index (χ0v) is 10.8. The minimum Gasteiger partial charge on any atom is -0.355 e. The summed E-state index contributed by atoms with van der Waals surface area (Å²) in [5.74, 6) is -0.249. The topological polar surface area (TPSA) is 62.3 Å². The van der Waals surface area contributed by atoms with E-state index < -0.39 is 0 Å². The van der Waals surface area contributed by atoms with Gasteiger partial charge in [-0.15, -0.1) is 0 Å². The highest BCUT2D eigenvalue weighted by Crippen LogP contribution is 2.02. The van der Waals surface area contributed by atoms with Crippen molar-refractivity contribution >= 4 is 11.8 Å². The molecule has 5 heteroatoms. The van der Waals surface area contributed by atoms with Crippen molar-refractivity contribution < 1.29 is 9.59 Å². The number of rotatable bonds is 6. The molecule has 1 aromatic heterocycles. The van der Waals surface area contributed by atoms with Crippen molar-refractivity contribution in [2.24, 2.45) is 0 Å². The number of hydrogen-bond donors (Lipinski definition) is 1. The molecule has 1 N–H and O–H groups in total. The van der Waals surface area contributed by atoms with E-state index in [2.05, 4.69) is 10.3 Å². The van der Waals surface area contributed by atoms with Crippen LogP contribution in [0.5, 0.6) is 0 Å². The van der Waals surface area contributed by atoms with Crippen LogP contribution in [0.2, 0.25) is 0 Å². The first-order valence-corrected chi connectivity index (χ1v) is 6.04. The van der Waals surface area contributed by atoms with Crippen LogP contribution in [0.15, 0.2) is 24.5 Å². The largest absolute Gasteiger partial charge is 0.355 e. The molecular formula is C13H19N3O2. The Morgan fingerprint density at radius 1 is 1.44 bits per heavy atom. The van der Waals surface area contributed by atoms with Crippen LogP contribution in [-0.2, 0) is 16.1 Å². The van der Waals surface area contributed by atoms with Crippen molar-refractivity contribution in [1.82, 2.24) is 15.2 Å². The second-order valence-corrected chi connectivity index (χ2v) is 4.09. The van der Waals surface area contributed by atoms with Gasteiger partial charge in [-0.25, -0.2) is 0 Å². The number of nitrogens with one attached hydrogen (secondary N) is 1. The van der Waals surface area contributed by atoms with Crippen LogP contribution in [0.1, 0.15) is 25.8 Å². The van der Waals surface area contributed by atoms with E-state index in [0.717, 1.165) is 12.0 Å². The molecule has 5 nitrogen and oxygen atoms in total. The molecule has 0 aliphatic heterocycles. The standard InChI is InChI=1S/C13H19N3O2/c1-3-6-15-13(18)10-16(11(2)17)9-12-5-4-7-14-8-12/h4-5,7-8H,3,6,9-10H2,1-2H3,(H,15,18). The van der Waals surface area contributed by atoms with Crippen molar-refractivity contribution in [3.63, 3.8) is 0 Å². The molecule has 0 spiro atoms. The van der Waals surface area contributed by atoms with E-state index in [4.69, 9.17) is 0 Å². The van der Waals surface area contributed by atoms with Gasteiger partial charge in [0.1, 0.15) is 0 Å². The fourth-order valence-corrected chi connectivity index (χ4v) is 1.48.